The molecule has 0 saturated carbocycles. The lowest BCUT2D eigenvalue weighted by Gasteiger charge is -2.27. The second-order valence-electron chi connectivity index (χ2n) is 4.98. The lowest BCUT2D eigenvalue weighted by Crippen LogP contribution is -2.31. The summed E-state index contributed by atoms with van der Waals surface area (Å²) in [5.41, 5.74) is 3.25. The number of rotatable bonds is 3. The molecule has 0 amide bonds. The van der Waals surface area contributed by atoms with Gasteiger partial charge in [0.15, 0.2) is 0 Å². The van der Waals surface area contributed by atoms with Gasteiger partial charge in [-0.3, -0.25) is 0 Å². The SMILES string of the molecule is N#Cc1ccc(OCC2CCc3ccccc3N2)cc1. The molecule has 1 heterocycles. The Balaban J connectivity index is 1.58. The van der Waals surface area contributed by atoms with Gasteiger partial charge in [0.25, 0.3) is 0 Å². The third kappa shape index (κ3) is 2.75. The average Bonchev–Trinajstić information content (AvgIpc) is 2.53. The fraction of sp³-hybridized carbons (Fsp3) is 0.235. The van der Waals surface area contributed by atoms with Crippen LogP contribution in [0.4, 0.5) is 5.69 Å². The number of benzene rings is 2. The topological polar surface area (TPSA) is 45.0 Å². The molecule has 1 aliphatic rings. The van der Waals surface area contributed by atoms with Crippen LogP contribution >= 0.6 is 0 Å². The molecular formula is C17H16N2O. The van der Waals surface area contributed by atoms with Crippen molar-refractivity contribution in [2.24, 2.45) is 0 Å². The highest BCUT2D eigenvalue weighted by Crippen LogP contribution is 2.24. The van der Waals surface area contributed by atoms with Crippen molar-refractivity contribution in [2.75, 3.05) is 11.9 Å². The summed E-state index contributed by atoms with van der Waals surface area (Å²) in [7, 11) is 0. The van der Waals surface area contributed by atoms with Crippen LogP contribution in [0.5, 0.6) is 5.75 Å². The van der Waals surface area contributed by atoms with E-state index in [2.05, 4.69) is 35.7 Å². The third-order valence-corrected chi connectivity index (χ3v) is 3.57. The monoisotopic (exact) mass is 264 g/mol. The average molecular weight is 264 g/mol. The summed E-state index contributed by atoms with van der Waals surface area (Å²) in [5, 5.41) is 12.3. The standard InChI is InChI=1S/C17H16N2O/c18-11-13-5-9-16(10-6-13)20-12-15-8-7-14-3-1-2-4-17(14)19-15/h1-6,9-10,15,19H,7-8,12H2. The van der Waals surface area contributed by atoms with Crippen molar-refractivity contribution in [3.63, 3.8) is 0 Å². The number of aryl methyl sites for hydroxylation is 1. The van der Waals surface area contributed by atoms with E-state index in [9.17, 15) is 0 Å². The number of nitrogens with one attached hydrogen (secondary N) is 1. The van der Waals surface area contributed by atoms with E-state index in [0.29, 0.717) is 18.2 Å². The molecule has 2 aromatic rings. The smallest absolute Gasteiger partial charge is 0.119 e. The Kier molecular flexibility index (Phi) is 3.56. The summed E-state index contributed by atoms with van der Waals surface area (Å²) >= 11 is 0. The first-order valence-electron chi connectivity index (χ1n) is 6.82. The van der Waals surface area contributed by atoms with Gasteiger partial charge in [-0.25, -0.2) is 0 Å². The van der Waals surface area contributed by atoms with Crippen LogP contribution in [0.1, 0.15) is 17.5 Å². The van der Waals surface area contributed by atoms with Crippen molar-refractivity contribution in [1.29, 1.82) is 5.26 Å². The van der Waals surface area contributed by atoms with E-state index in [1.807, 2.05) is 12.1 Å². The summed E-state index contributed by atoms with van der Waals surface area (Å²) in [6.07, 6.45) is 2.16. The fourth-order valence-electron chi connectivity index (χ4n) is 2.45. The Hall–Kier alpha value is -2.47. The molecule has 3 rings (SSSR count). The molecule has 20 heavy (non-hydrogen) atoms. The number of nitrogens with zero attached hydrogens (tertiary/aromatic N) is 1. The molecule has 0 bridgehead atoms. The van der Waals surface area contributed by atoms with Crippen LogP contribution in [0.25, 0.3) is 0 Å². The molecule has 0 aromatic heterocycles. The molecule has 0 spiro atoms. The van der Waals surface area contributed by atoms with Crippen molar-refractivity contribution >= 4 is 5.69 Å². The van der Waals surface area contributed by atoms with E-state index < -0.39 is 0 Å². The Morgan fingerprint density at radius 3 is 2.75 bits per heavy atom. The van der Waals surface area contributed by atoms with Crippen molar-refractivity contribution in [2.45, 2.75) is 18.9 Å². The van der Waals surface area contributed by atoms with Crippen LogP contribution in [-0.2, 0) is 6.42 Å². The number of hydrogen-bond donors (Lipinski definition) is 1. The largest absolute Gasteiger partial charge is 0.491 e. The van der Waals surface area contributed by atoms with Crippen molar-refractivity contribution in [1.82, 2.24) is 0 Å². The number of para-hydroxylation sites is 1. The molecule has 3 nitrogen and oxygen atoms in total. The van der Waals surface area contributed by atoms with Gasteiger partial charge >= 0.3 is 0 Å². The van der Waals surface area contributed by atoms with Crippen LogP contribution in [-0.4, -0.2) is 12.6 Å². The van der Waals surface area contributed by atoms with Gasteiger partial charge < -0.3 is 10.1 Å². The molecule has 2 aromatic carbocycles. The summed E-state index contributed by atoms with van der Waals surface area (Å²) in [5.74, 6) is 0.810. The predicted octanol–water partition coefficient (Wildman–Crippen LogP) is 3.36. The second-order valence-corrected chi connectivity index (χ2v) is 4.98. The zero-order valence-corrected chi connectivity index (χ0v) is 11.2. The van der Waals surface area contributed by atoms with Crippen LogP contribution in [0.3, 0.4) is 0 Å². The highest BCUT2D eigenvalue weighted by molar-refractivity contribution is 5.53. The van der Waals surface area contributed by atoms with Gasteiger partial charge in [-0.05, 0) is 48.7 Å². The summed E-state index contributed by atoms with van der Waals surface area (Å²) in [4.78, 5) is 0. The Morgan fingerprint density at radius 2 is 1.95 bits per heavy atom. The molecule has 1 atom stereocenters. The van der Waals surface area contributed by atoms with Crippen molar-refractivity contribution in [3.05, 3.63) is 59.7 Å². The van der Waals surface area contributed by atoms with Crippen LogP contribution in [0.2, 0.25) is 0 Å². The number of hydrogen-bond acceptors (Lipinski definition) is 3. The Morgan fingerprint density at radius 1 is 1.15 bits per heavy atom. The van der Waals surface area contributed by atoms with Gasteiger partial charge in [0, 0.05) is 5.69 Å². The lowest BCUT2D eigenvalue weighted by molar-refractivity contribution is 0.289. The van der Waals surface area contributed by atoms with E-state index in [1.54, 1.807) is 12.1 Å². The van der Waals surface area contributed by atoms with E-state index in [1.165, 1.54) is 11.3 Å². The second kappa shape index (κ2) is 5.66. The number of fused-ring (bicyclic) bond motifs is 1. The summed E-state index contributed by atoms with van der Waals surface area (Å²) in [6.45, 7) is 0.639. The van der Waals surface area contributed by atoms with Gasteiger partial charge in [0.05, 0.1) is 17.7 Å². The van der Waals surface area contributed by atoms with Gasteiger partial charge in [-0.1, -0.05) is 18.2 Å². The van der Waals surface area contributed by atoms with E-state index in [0.717, 1.165) is 18.6 Å². The van der Waals surface area contributed by atoms with Gasteiger partial charge in [0.2, 0.25) is 0 Å². The molecule has 0 fully saturated rings. The number of nitriles is 1. The molecule has 3 heteroatoms. The maximum Gasteiger partial charge on any atom is 0.119 e. The van der Waals surface area contributed by atoms with Crippen molar-refractivity contribution < 1.29 is 4.74 Å². The highest BCUT2D eigenvalue weighted by Gasteiger charge is 2.17. The predicted molar refractivity (Wildman–Crippen MR) is 78.8 cm³/mol. The molecule has 100 valence electrons. The minimum absolute atomic E-state index is 0.334. The first kappa shape index (κ1) is 12.6. The van der Waals surface area contributed by atoms with E-state index in [4.69, 9.17) is 10.00 Å². The van der Waals surface area contributed by atoms with E-state index in [-0.39, 0.29) is 0 Å². The highest BCUT2D eigenvalue weighted by atomic mass is 16.5. The lowest BCUT2D eigenvalue weighted by atomic mass is 9.99. The van der Waals surface area contributed by atoms with Gasteiger partial charge in [-0.15, -0.1) is 0 Å². The van der Waals surface area contributed by atoms with Gasteiger partial charge in [-0.2, -0.15) is 5.26 Å². The first-order valence-corrected chi connectivity index (χ1v) is 6.82. The Bertz CT molecular complexity index is 628. The normalized spacial score (nSPS) is 16.6. The van der Waals surface area contributed by atoms with Crippen LogP contribution < -0.4 is 10.1 Å². The number of anilines is 1. The summed E-state index contributed by atoms with van der Waals surface area (Å²) < 4.78 is 5.79. The van der Waals surface area contributed by atoms with Crippen LogP contribution in [0.15, 0.2) is 48.5 Å². The summed E-state index contributed by atoms with van der Waals surface area (Å²) in [6, 6.07) is 18.1. The molecule has 0 saturated heterocycles. The zero-order valence-electron chi connectivity index (χ0n) is 11.2. The molecule has 0 radical (unpaired) electrons. The number of ether oxygens (including phenoxy) is 1. The third-order valence-electron chi connectivity index (χ3n) is 3.57. The molecular weight excluding hydrogens is 248 g/mol. The molecule has 1 N–H and O–H groups in total. The minimum atomic E-state index is 0.334. The van der Waals surface area contributed by atoms with Gasteiger partial charge in [0.1, 0.15) is 12.4 Å². The fourth-order valence-corrected chi connectivity index (χ4v) is 2.45. The van der Waals surface area contributed by atoms with Crippen molar-refractivity contribution in [3.8, 4) is 11.8 Å². The first-order chi connectivity index (χ1) is 9.85. The maximum atomic E-state index is 8.75. The quantitative estimate of drug-likeness (QED) is 0.924. The maximum absolute atomic E-state index is 8.75. The molecule has 0 aliphatic carbocycles. The zero-order chi connectivity index (χ0) is 13.8. The molecule has 1 aliphatic heterocycles. The van der Waals surface area contributed by atoms with E-state index >= 15 is 0 Å². The minimum Gasteiger partial charge on any atom is -0.491 e. The van der Waals surface area contributed by atoms with Crippen LogP contribution in [0, 0.1) is 11.3 Å². The molecule has 1 unspecified atom stereocenters. The Labute approximate surface area is 118 Å².